The molecule has 1 atom stereocenters. The summed E-state index contributed by atoms with van der Waals surface area (Å²) >= 11 is 0. The maximum Gasteiger partial charge on any atom is 0.573 e. The van der Waals surface area contributed by atoms with E-state index in [1.54, 1.807) is 31.2 Å². The first kappa shape index (κ1) is 22.6. The van der Waals surface area contributed by atoms with Crippen LogP contribution >= 0.6 is 0 Å². The molecule has 0 saturated carbocycles. The Morgan fingerprint density at radius 1 is 1.20 bits per heavy atom. The molecule has 0 aromatic heterocycles. The Balaban J connectivity index is 1.97. The molecule has 0 fully saturated rings. The van der Waals surface area contributed by atoms with E-state index in [4.69, 9.17) is 14.7 Å². The van der Waals surface area contributed by atoms with Crippen LogP contribution in [-0.2, 0) is 4.79 Å². The molecule has 0 aliphatic carbocycles. The van der Waals surface area contributed by atoms with Gasteiger partial charge in [0.25, 0.3) is 0 Å². The lowest BCUT2D eigenvalue weighted by atomic mass is 10.1. The number of nitrogens with zero attached hydrogens (tertiary/aromatic N) is 1. The van der Waals surface area contributed by atoms with Gasteiger partial charge in [0.05, 0.1) is 13.2 Å². The van der Waals surface area contributed by atoms with Crippen LogP contribution in [0.25, 0.3) is 6.08 Å². The molecule has 1 unspecified atom stereocenters. The van der Waals surface area contributed by atoms with Crippen molar-refractivity contribution in [1.82, 2.24) is 5.32 Å². The largest absolute Gasteiger partial charge is 0.573 e. The molecule has 2 aromatic rings. The minimum atomic E-state index is -4.76. The first-order valence-electron chi connectivity index (χ1n) is 8.74. The van der Waals surface area contributed by atoms with Gasteiger partial charge in [-0.25, -0.2) is 0 Å². The van der Waals surface area contributed by atoms with Gasteiger partial charge in [-0.3, -0.25) is 4.79 Å². The number of alkyl halides is 3. The summed E-state index contributed by atoms with van der Waals surface area (Å²) in [5.41, 5.74) is 1.29. The van der Waals surface area contributed by atoms with Gasteiger partial charge in [0.2, 0.25) is 5.91 Å². The molecule has 9 heteroatoms. The summed E-state index contributed by atoms with van der Waals surface area (Å²) < 4.78 is 50.9. The van der Waals surface area contributed by atoms with Gasteiger partial charge in [-0.1, -0.05) is 18.2 Å². The predicted molar refractivity (Wildman–Crippen MR) is 103 cm³/mol. The summed E-state index contributed by atoms with van der Waals surface area (Å²) in [5, 5.41) is 11.3. The van der Waals surface area contributed by atoms with E-state index in [-0.39, 0.29) is 18.3 Å². The number of nitrogens with one attached hydrogen (secondary N) is 1. The van der Waals surface area contributed by atoms with Gasteiger partial charge in [0.1, 0.15) is 11.8 Å². The number of nitriles is 1. The lowest BCUT2D eigenvalue weighted by Crippen LogP contribution is -2.24. The van der Waals surface area contributed by atoms with Crippen LogP contribution in [0.2, 0.25) is 0 Å². The van der Waals surface area contributed by atoms with Crippen molar-refractivity contribution >= 4 is 12.0 Å². The highest BCUT2D eigenvalue weighted by atomic mass is 19.4. The first-order valence-corrected chi connectivity index (χ1v) is 8.74. The van der Waals surface area contributed by atoms with Crippen LogP contribution < -0.4 is 19.5 Å². The van der Waals surface area contributed by atoms with Gasteiger partial charge in [0.15, 0.2) is 18.1 Å². The summed E-state index contributed by atoms with van der Waals surface area (Å²) in [7, 11) is 1.46. The molecule has 0 aliphatic rings. The Hall–Kier alpha value is -3.67. The fourth-order valence-electron chi connectivity index (χ4n) is 2.49. The molecular weight excluding hydrogens is 401 g/mol. The predicted octanol–water partition coefficient (Wildman–Crippen LogP) is 4.39. The minimum absolute atomic E-state index is 0.116. The number of halogens is 3. The van der Waals surface area contributed by atoms with Crippen molar-refractivity contribution in [2.45, 2.75) is 19.3 Å². The summed E-state index contributed by atoms with van der Waals surface area (Å²) in [4.78, 5) is 12.2. The van der Waals surface area contributed by atoms with Crippen LogP contribution in [0.4, 0.5) is 13.2 Å². The topological polar surface area (TPSA) is 80.6 Å². The number of benzene rings is 2. The fourth-order valence-corrected chi connectivity index (χ4v) is 2.49. The number of rotatable bonds is 8. The van der Waals surface area contributed by atoms with E-state index in [0.717, 1.165) is 0 Å². The number of hydrogen-bond donors (Lipinski definition) is 1. The van der Waals surface area contributed by atoms with Gasteiger partial charge in [-0.2, -0.15) is 5.26 Å². The molecule has 158 valence electrons. The SMILES string of the molecule is COc1cc(/C=C/C(=O)NC(C)c2ccc(OC(F)(F)F)cc2)ccc1OCC#N. The third kappa shape index (κ3) is 7.05. The lowest BCUT2D eigenvalue weighted by molar-refractivity contribution is -0.274. The van der Waals surface area contributed by atoms with Crippen LogP contribution in [0.5, 0.6) is 17.2 Å². The van der Waals surface area contributed by atoms with Crippen molar-refractivity contribution in [3.63, 3.8) is 0 Å². The van der Waals surface area contributed by atoms with Crippen molar-refractivity contribution in [3.05, 3.63) is 59.7 Å². The Labute approximate surface area is 171 Å². The zero-order valence-electron chi connectivity index (χ0n) is 16.2. The summed E-state index contributed by atoms with van der Waals surface area (Å²) in [6, 6.07) is 11.7. The molecule has 2 rings (SSSR count). The van der Waals surface area contributed by atoms with Crippen molar-refractivity contribution in [2.24, 2.45) is 0 Å². The number of hydrogen-bond acceptors (Lipinski definition) is 5. The summed E-state index contributed by atoms with van der Waals surface area (Å²) in [6.07, 6.45) is -1.87. The maximum atomic E-state index is 12.2. The van der Waals surface area contributed by atoms with E-state index in [9.17, 15) is 18.0 Å². The van der Waals surface area contributed by atoms with Crippen molar-refractivity contribution in [2.75, 3.05) is 13.7 Å². The number of methoxy groups -OCH3 is 1. The second-order valence-electron chi connectivity index (χ2n) is 6.04. The molecule has 0 radical (unpaired) electrons. The molecular formula is C21H19F3N2O4. The highest BCUT2D eigenvalue weighted by Crippen LogP contribution is 2.28. The van der Waals surface area contributed by atoms with Crippen LogP contribution in [-0.4, -0.2) is 26.0 Å². The molecule has 0 heterocycles. The normalized spacial score (nSPS) is 12.1. The van der Waals surface area contributed by atoms with Gasteiger partial charge < -0.3 is 19.5 Å². The van der Waals surface area contributed by atoms with Gasteiger partial charge >= 0.3 is 6.36 Å². The molecule has 30 heavy (non-hydrogen) atoms. The lowest BCUT2D eigenvalue weighted by Gasteiger charge is -2.14. The molecule has 1 N–H and O–H groups in total. The molecule has 0 bridgehead atoms. The number of amides is 1. The third-order valence-electron chi connectivity index (χ3n) is 3.88. The fraction of sp³-hybridized carbons (Fsp3) is 0.238. The van der Waals surface area contributed by atoms with E-state index >= 15 is 0 Å². The summed E-state index contributed by atoms with van der Waals surface area (Å²) in [5.74, 6) is 0.109. The van der Waals surface area contributed by atoms with Crippen molar-refractivity contribution < 1.29 is 32.2 Å². The van der Waals surface area contributed by atoms with E-state index in [1.165, 1.54) is 37.5 Å². The first-order chi connectivity index (χ1) is 14.2. The molecule has 6 nitrogen and oxygen atoms in total. The van der Waals surface area contributed by atoms with Crippen molar-refractivity contribution in [1.29, 1.82) is 5.26 Å². The Bertz CT molecular complexity index is 935. The van der Waals surface area contributed by atoms with Crippen LogP contribution in [0.15, 0.2) is 48.5 Å². The molecule has 0 aliphatic heterocycles. The summed E-state index contributed by atoms with van der Waals surface area (Å²) in [6.45, 7) is 1.59. The standard InChI is InChI=1S/C21H19F3N2O4/c1-14(16-5-7-17(8-6-16)30-21(22,23)24)26-20(27)10-4-15-3-9-18(29-12-11-25)19(13-15)28-2/h3-10,13-14H,12H2,1-2H3,(H,26,27)/b10-4+. The van der Waals surface area contributed by atoms with E-state index in [0.29, 0.717) is 22.6 Å². The maximum absolute atomic E-state index is 12.2. The Morgan fingerprint density at radius 3 is 2.50 bits per heavy atom. The van der Waals surface area contributed by atoms with E-state index in [1.807, 2.05) is 6.07 Å². The van der Waals surface area contributed by atoms with E-state index in [2.05, 4.69) is 10.1 Å². The van der Waals surface area contributed by atoms with E-state index < -0.39 is 12.4 Å². The second-order valence-corrected chi connectivity index (χ2v) is 6.04. The number of ether oxygens (including phenoxy) is 3. The van der Waals surface area contributed by atoms with Crippen LogP contribution in [0.3, 0.4) is 0 Å². The van der Waals surface area contributed by atoms with Crippen LogP contribution in [0.1, 0.15) is 24.1 Å². The average molecular weight is 420 g/mol. The second kappa shape index (κ2) is 10.2. The Kier molecular flexibility index (Phi) is 7.69. The molecule has 1 amide bonds. The molecule has 0 spiro atoms. The third-order valence-corrected chi connectivity index (χ3v) is 3.88. The molecule has 2 aromatic carbocycles. The smallest absolute Gasteiger partial charge is 0.493 e. The zero-order chi connectivity index (χ0) is 22.1. The quantitative estimate of drug-likeness (QED) is 0.641. The van der Waals surface area contributed by atoms with Crippen molar-refractivity contribution in [3.8, 4) is 23.3 Å². The monoisotopic (exact) mass is 420 g/mol. The highest BCUT2D eigenvalue weighted by molar-refractivity contribution is 5.92. The highest BCUT2D eigenvalue weighted by Gasteiger charge is 2.31. The van der Waals surface area contributed by atoms with Gasteiger partial charge in [-0.05, 0) is 48.4 Å². The van der Waals surface area contributed by atoms with Gasteiger partial charge in [0, 0.05) is 6.08 Å². The van der Waals surface area contributed by atoms with Gasteiger partial charge in [-0.15, -0.1) is 13.2 Å². The number of carbonyl (C=O) groups is 1. The van der Waals surface area contributed by atoms with Crippen LogP contribution in [0, 0.1) is 11.3 Å². The minimum Gasteiger partial charge on any atom is -0.493 e. The number of carbonyl (C=O) groups excluding carboxylic acids is 1. The zero-order valence-corrected chi connectivity index (χ0v) is 16.2. The Morgan fingerprint density at radius 2 is 1.90 bits per heavy atom. The molecule has 0 saturated heterocycles. The average Bonchev–Trinajstić information content (AvgIpc) is 2.70.